The monoisotopic (exact) mass is 241 g/mol. The van der Waals surface area contributed by atoms with Gasteiger partial charge in [-0.1, -0.05) is 24.3 Å². The first kappa shape index (κ1) is 12.3. The van der Waals surface area contributed by atoms with Gasteiger partial charge in [-0.3, -0.25) is 4.79 Å². The molecular weight excluding hydrogens is 224 g/mol. The van der Waals surface area contributed by atoms with Gasteiger partial charge in [0.15, 0.2) is 18.4 Å². The summed E-state index contributed by atoms with van der Waals surface area (Å²) in [5.74, 6) is -0.395. The normalized spacial score (nSPS) is 10.3. The number of pyridine rings is 1. The van der Waals surface area contributed by atoms with E-state index in [0.29, 0.717) is 5.56 Å². The third-order valence-corrected chi connectivity index (χ3v) is 3.14. The highest BCUT2D eigenvalue weighted by Crippen LogP contribution is 2.07. The van der Waals surface area contributed by atoms with Gasteiger partial charge in [-0.25, -0.2) is 0 Å². The molecule has 0 unspecified atom stereocenters. The number of nitrogens with zero attached hydrogens (tertiary/aromatic N) is 1. The summed E-state index contributed by atoms with van der Waals surface area (Å²) in [5, 5.41) is 0. The van der Waals surface area contributed by atoms with E-state index in [0.717, 1.165) is 12.2 Å². The third-order valence-electron chi connectivity index (χ3n) is 3.14. The molecule has 18 heavy (non-hydrogen) atoms. The second-order valence-electron chi connectivity index (χ2n) is 4.48. The SMILES string of the molecule is Cc1ccccc1C[n+]1cc(C(N)=O)ccc1C. The van der Waals surface area contributed by atoms with Crippen LogP contribution in [0.4, 0.5) is 0 Å². The van der Waals surface area contributed by atoms with Crippen LogP contribution in [0.5, 0.6) is 0 Å². The molecule has 0 radical (unpaired) electrons. The fraction of sp³-hybridized carbons (Fsp3) is 0.200. The van der Waals surface area contributed by atoms with Crippen LogP contribution >= 0.6 is 0 Å². The summed E-state index contributed by atoms with van der Waals surface area (Å²) in [6, 6.07) is 11.9. The Morgan fingerprint density at radius 1 is 1.17 bits per heavy atom. The summed E-state index contributed by atoms with van der Waals surface area (Å²) in [6.45, 7) is 4.85. The van der Waals surface area contributed by atoms with E-state index in [1.165, 1.54) is 11.1 Å². The quantitative estimate of drug-likeness (QED) is 0.817. The van der Waals surface area contributed by atoms with Crippen molar-refractivity contribution in [2.24, 2.45) is 5.73 Å². The van der Waals surface area contributed by atoms with Crippen molar-refractivity contribution in [1.82, 2.24) is 0 Å². The van der Waals surface area contributed by atoms with Gasteiger partial charge in [0, 0.05) is 18.6 Å². The first-order valence-corrected chi connectivity index (χ1v) is 5.92. The maximum atomic E-state index is 11.2. The fourth-order valence-electron chi connectivity index (χ4n) is 1.91. The van der Waals surface area contributed by atoms with E-state index < -0.39 is 5.91 Å². The number of hydrogen-bond donors (Lipinski definition) is 1. The topological polar surface area (TPSA) is 47.0 Å². The van der Waals surface area contributed by atoms with Crippen molar-refractivity contribution < 1.29 is 9.36 Å². The van der Waals surface area contributed by atoms with Gasteiger partial charge in [-0.2, -0.15) is 4.57 Å². The second kappa shape index (κ2) is 5.00. The van der Waals surface area contributed by atoms with Gasteiger partial charge in [0.2, 0.25) is 0 Å². The standard InChI is InChI=1S/C15H16N2O/c1-11-5-3-4-6-13(11)9-17-10-14(15(16)18)8-7-12(17)2/h3-8,10H,9H2,1-2H3,(H-,16,18)/p+1. The van der Waals surface area contributed by atoms with Crippen molar-refractivity contribution in [2.45, 2.75) is 20.4 Å². The Balaban J connectivity index is 2.37. The van der Waals surface area contributed by atoms with Crippen LogP contribution in [0.3, 0.4) is 0 Å². The largest absolute Gasteiger partial charge is 0.365 e. The maximum Gasteiger partial charge on any atom is 0.254 e. The van der Waals surface area contributed by atoms with Crippen molar-refractivity contribution in [3.05, 3.63) is 65.0 Å². The predicted octanol–water partition coefficient (Wildman–Crippen LogP) is 1.74. The third kappa shape index (κ3) is 2.56. The molecule has 3 nitrogen and oxygen atoms in total. The van der Waals surface area contributed by atoms with Crippen LogP contribution in [0.25, 0.3) is 0 Å². The molecule has 1 amide bonds. The van der Waals surface area contributed by atoms with E-state index in [1.54, 1.807) is 6.07 Å². The highest BCUT2D eigenvalue weighted by Gasteiger charge is 2.12. The molecule has 1 heterocycles. The Labute approximate surface area is 107 Å². The number of primary amides is 1. The first-order valence-electron chi connectivity index (χ1n) is 5.92. The molecule has 0 saturated heterocycles. The lowest BCUT2D eigenvalue weighted by atomic mass is 10.1. The number of carbonyl (C=O) groups excluding carboxylic acids is 1. The smallest absolute Gasteiger partial charge is 0.254 e. The molecule has 92 valence electrons. The summed E-state index contributed by atoms with van der Waals surface area (Å²) >= 11 is 0. The van der Waals surface area contributed by atoms with Gasteiger partial charge in [0.05, 0.1) is 0 Å². The molecule has 0 aliphatic heterocycles. The Morgan fingerprint density at radius 3 is 2.56 bits per heavy atom. The van der Waals surface area contributed by atoms with Crippen molar-refractivity contribution >= 4 is 5.91 Å². The first-order chi connectivity index (χ1) is 8.58. The molecule has 3 heteroatoms. The van der Waals surface area contributed by atoms with Gasteiger partial charge in [-0.05, 0) is 18.6 Å². The lowest BCUT2D eigenvalue weighted by molar-refractivity contribution is -0.694. The molecule has 0 bridgehead atoms. The molecule has 1 aromatic heterocycles. The summed E-state index contributed by atoms with van der Waals surface area (Å²) < 4.78 is 2.04. The lowest BCUT2D eigenvalue weighted by Gasteiger charge is -2.05. The fourth-order valence-corrected chi connectivity index (χ4v) is 1.91. The Kier molecular flexibility index (Phi) is 3.42. The number of rotatable bonds is 3. The Hall–Kier alpha value is -2.16. The highest BCUT2D eigenvalue weighted by molar-refractivity contribution is 5.92. The summed E-state index contributed by atoms with van der Waals surface area (Å²) in [4.78, 5) is 11.2. The van der Waals surface area contributed by atoms with E-state index in [4.69, 9.17) is 5.73 Å². The summed E-state index contributed by atoms with van der Waals surface area (Å²) in [6.07, 6.45) is 1.81. The van der Waals surface area contributed by atoms with Crippen LogP contribution < -0.4 is 10.3 Å². The molecule has 2 aromatic rings. The number of benzene rings is 1. The zero-order valence-corrected chi connectivity index (χ0v) is 10.7. The van der Waals surface area contributed by atoms with Crippen LogP contribution in [-0.4, -0.2) is 5.91 Å². The van der Waals surface area contributed by atoms with Crippen LogP contribution in [-0.2, 0) is 6.54 Å². The molecule has 0 atom stereocenters. The van der Waals surface area contributed by atoms with Crippen LogP contribution in [0.2, 0.25) is 0 Å². The zero-order chi connectivity index (χ0) is 13.1. The summed E-state index contributed by atoms with van der Waals surface area (Å²) in [7, 11) is 0. The Bertz CT molecular complexity index is 591. The molecule has 0 saturated carbocycles. The van der Waals surface area contributed by atoms with Crippen molar-refractivity contribution in [2.75, 3.05) is 0 Å². The minimum atomic E-state index is -0.395. The maximum absolute atomic E-state index is 11.2. The van der Waals surface area contributed by atoms with Gasteiger partial charge in [0.25, 0.3) is 5.91 Å². The lowest BCUT2D eigenvalue weighted by Crippen LogP contribution is -2.39. The number of nitrogens with two attached hydrogens (primary N) is 1. The van der Waals surface area contributed by atoms with Gasteiger partial charge >= 0.3 is 0 Å². The molecule has 0 aliphatic carbocycles. The van der Waals surface area contributed by atoms with Crippen LogP contribution in [0, 0.1) is 13.8 Å². The molecule has 1 aromatic carbocycles. The van der Waals surface area contributed by atoms with E-state index in [-0.39, 0.29) is 0 Å². The van der Waals surface area contributed by atoms with Gasteiger partial charge in [0.1, 0.15) is 5.56 Å². The molecule has 0 spiro atoms. The van der Waals surface area contributed by atoms with E-state index in [1.807, 2.05) is 35.9 Å². The van der Waals surface area contributed by atoms with E-state index in [9.17, 15) is 4.79 Å². The molecule has 2 rings (SSSR count). The van der Waals surface area contributed by atoms with Gasteiger partial charge < -0.3 is 5.73 Å². The molecule has 0 aliphatic rings. The summed E-state index contributed by atoms with van der Waals surface area (Å²) in [5.41, 5.74) is 9.43. The van der Waals surface area contributed by atoms with Crippen LogP contribution in [0.1, 0.15) is 27.2 Å². The second-order valence-corrected chi connectivity index (χ2v) is 4.48. The van der Waals surface area contributed by atoms with Crippen LogP contribution in [0.15, 0.2) is 42.6 Å². The van der Waals surface area contributed by atoms with E-state index >= 15 is 0 Å². The highest BCUT2D eigenvalue weighted by atomic mass is 16.1. The van der Waals surface area contributed by atoms with Crippen molar-refractivity contribution in [1.29, 1.82) is 0 Å². The minimum absolute atomic E-state index is 0.395. The number of carbonyl (C=O) groups is 1. The number of aryl methyl sites for hydroxylation is 2. The number of aromatic nitrogens is 1. The molecule has 0 fully saturated rings. The van der Waals surface area contributed by atoms with Gasteiger partial charge in [-0.15, -0.1) is 0 Å². The van der Waals surface area contributed by atoms with Crippen molar-refractivity contribution in [3.63, 3.8) is 0 Å². The average Bonchev–Trinajstić information content (AvgIpc) is 2.34. The molecule has 2 N–H and O–H groups in total. The van der Waals surface area contributed by atoms with E-state index in [2.05, 4.69) is 19.1 Å². The zero-order valence-electron chi connectivity index (χ0n) is 10.7. The predicted molar refractivity (Wildman–Crippen MR) is 70.2 cm³/mol. The Morgan fingerprint density at radius 2 is 1.89 bits per heavy atom. The number of amides is 1. The minimum Gasteiger partial charge on any atom is -0.365 e. The average molecular weight is 241 g/mol. The molecular formula is C15H17N2O+. The van der Waals surface area contributed by atoms with Crippen molar-refractivity contribution in [3.8, 4) is 0 Å². The number of hydrogen-bond acceptors (Lipinski definition) is 1.